The molecule has 7 aromatic rings. The number of aromatic nitrogens is 1. The van der Waals surface area contributed by atoms with Gasteiger partial charge >= 0.3 is 0 Å². The Hall–Kier alpha value is -4.54. The molecular weight excluding hydrogens is 717 g/mol. The van der Waals surface area contributed by atoms with Crippen LogP contribution >= 0.6 is 0 Å². The minimum atomic E-state index is -0.0410. The smallest absolute Gasteiger partial charge is 0.125 e. The Morgan fingerprint density at radius 3 is 2.33 bits per heavy atom. The SMILES string of the molecule is CC(C)(C)c1ccnc(-c2[c-]c(Oc3[c-]c(N4C=CN(c5ccccc5)[CH-]4)ccc3)c3oc4cccc5oc2c3c45)c1.[Pt]. The second-order valence-corrected chi connectivity index (χ2v) is 11.4. The Morgan fingerprint density at radius 2 is 1.53 bits per heavy atom. The number of furan rings is 2. The quantitative estimate of drug-likeness (QED) is 0.164. The topological polar surface area (TPSA) is 54.9 Å². The molecule has 0 fully saturated rings. The van der Waals surface area contributed by atoms with E-state index in [-0.39, 0.29) is 26.5 Å². The predicted molar refractivity (Wildman–Crippen MR) is 166 cm³/mol. The van der Waals surface area contributed by atoms with Crippen molar-refractivity contribution in [2.24, 2.45) is 0 Å². The van der Waals surface area contributed by atoms with Crippen LogP contribution in [-0.4, -0.2) is 4.98 Å². The molecule has 43 heavy (non-hydrogen) atoms. The summed E-state index contributed by atoms with van der Waals surface area (Å²) < 4.78 is 19.2. The summed E-state index contributed by atoms with van der Waals surface area (Å²) in [6.07, 6.45) is 5.85. The molecule has 1 aliphatic rings. The van der Waals surface area contributed by atoms with Gasteiger partial charge in [-0.1, -0.05) is 62.7 Å². The van der Waals surface area contributed by atoms with Crippen molar-refractivity contribution in [3.05, 3.63) is 122 Å². The number of nitrogens with zero attached hydrogens (tertiary/aromatic N) is 3. The summed E-state index contributed by atoms with van der Waals surface area (Å²) in [6, 6.07) is 32.9. The van der Waals surface area contributed by atoms with E-state index in [1.807, 2.05) is 90.8 Å². The van der Waals surface area contributed by atoms with E-state index in [0.717, 1.165) is 44.6 Å². The molecule has 3 aromatic heterocycles. The van der Waals surface area contributed by atoms with Gasteiger partial charge in [0.15, 0.2) is 0 Å². The largest absolute Gasteiger partial charge is 0.500 e. The zero-order chi connectivity index (χ0) is 28.4. The average Bonchev–Trinajstić information content (AvgIpc) is 3.75. The van der Waals surface area contributed by atoms with Crippen molar-refractivity contribution < 1.29 is 34.6 Å². The van der Waals surface area contributed by atoms with E-state index in [4.69, 9.17) is 18.6 Å². The summed E-state index contributed by atoms with van der Waals surface area (Å²) in [5.41, 5.74) is 7.31. The fraction of sp³-hybridized carbons (Fsp3) is 0.111. The molecule has 4 aromatic carbocycles. The Bertz CT molecular complexity index is 2110. The summed E-state index contributed by atoms with van der Waals surface area (Å²) in [4.78, 5) is 8.78. The van der Waals surface area contributed by atoms with Crippen molar-refractivity contribution in [2.75, 3.05) is 9.80 Å². The molecule has 6 nitrogen and oxygen atoms in total. The van der Waals surface area contributed by atoms with E-state index >= 15 is 0 Å². The van der Waals surface area contributed by atoms with Crippen LogP contribution in [0, 0.1) is 18.8 Å². The third-order valence-corrected chi connectivity index (χ3v) is 7.60. The van der Waals surface area contributed by atoms with Crippen molar-refractivity contribution in [1.29, 1.82) is 0 Å². The van der Waals surface area contributed by atoms with E-state index in [0.29, 0.717) is 22.7 Å². The molecule has 1 aliphatic heterocycles. The van der Waals surface area contributed by atoms with Crippen LogP contribution in [0.4, 0.5) is 11.4 Å². The molecule has 0 saturated carbocycles. The molecule has 4 heterocycles. The first-order chi connectivity index (χ1) is 20.4. The van der Waals surface area contributed by atoms with Gasteiger partial charge in [0.1, 0.15) is 11.2 Å². The van der Waals surface area contributed by atoms with Crippen LogP contribution in [0.15, 0.2) is 106 Å². The maximum atomic E-state index is 6.50. The predicted octanol–water partition coefficient (Wildman–Crippen LogP) is 9.44. The average molecular weight is 744 g/mol. The van der Waals surface area contributed by atoms with Crippen LogP contribution in [0.5, 0.6) is 11.5 Å². The van der Waals surface area contributed by atoms with Crippen LogP contribution in [0.1, 0.15) is 26.3 Å². The molecule has 7 heteroatoms. The van der Waals surface area contributed by atoms with Gasteiger partial charge in [-0.15, -0.1) is 30.6 Å². The minimum Gasteiger partial charge on any atom is -0.500 e. The monoisotopic (exact) mass is 743 g/mol. The van der Waals surface area contributed by atoms with Crippen LogP contribution in [0.25, 0.3) is 44.4 Å². The van der Waals surface area contributed by atoms with Gasteiger partial charge in [0.05, 0.1) is 22.3 Å². The van der Waals surface area contributed by atoms with Gasteiger partial charge < -0.3 is 28.4 Å². The molecule has 0 unspecified atom stereocenters. The molecule has 0 N–H and O–H groups in total. The van der Waals surface area contributed by atoms with E-state index in [2.05, 4.69) is 56.0 Å². The maximum Gasteiger partial charge on any atom is 0.125 e. The molecule has 216 valence electrons. The first-order valence-electron chi connectivity index (χ1n) is 13.9. The fourth-order valence-electron chi connectivity index (χ4n) is 5.43. The molecule has 0 amide bonds. The number of rotatable bonds is 5. The van der Waals surface area contributed by atoms with E-state index in [1.54, 1.807) is 0 Å². The van der Waals surface area contributed by atoms with E-state index < -0.39 is 0 Å². The number of benzene rings is 4. The number of pyridine rings is 1. The number of hydrogen-bond donors (Lipinski definition) is 0. The Labute approximate surface area is 263 Å². The van der Waals surface area contributed by atoms with Gasteiger partial charge in [-0.3, -0.25) is 0 Å². The van der Waals surface area contributed by atoms with Gasteiger partial charge in [-0.2, -0.15) is 6.07 Å². The zero-order valence-corrected chi connectivity index (χ0v) is 26.0. The molecule has 0 saturated heterocycles. The van der Waals surface area contributed by atoms with Gasteiger partial charge in [-0.25, -0.2) is 0 Å². The van der Waals surface area contributed by atoms with Crippen LogP contribution in [0.2, 0.25) is 0 Å². The summed E-state index contributed by atoms with van der Waals surface area (Å²) in [7, 11) is 0. The fourth-order valence-corrected chi connectivity index (χ4v) is 5.43. The normalized spacial score (nSPS) is 13.5. The van der Waals surface area contributed by atoms with Crippen LogP contribution < -0.4 is 14.5 Å². The van der Waals surface area contributed by atoms with Gasteiger partial charge in [0, 0.05) is 38.7 Å². The number of para-hydroxylation sites is 1. The molecule has 0 atom stereocenters. The first-order valence-corrected chi connectivity index (χ1v) is 13.9. The number of hydrogen-bond acceptors (Lipinski definition) is 6. The molecular formula is C36H26N3O3Pt-3. The van der Waals surface area contributed by atoms with E-state index in [1.165, 1.54) is 5.56 Å². The van der Waals surface area contributed by atoms with Gasteiger partial charge in [-0.05, 0) is 64.8 Å². The van der Waals surface area contributed by atoms with Crippen molar-refractivity contribution in [1.82, 2.24) is 4.98 Å². The minimum absolute atomic E-state index is 0. The third kappa shape index (κ3) is 4.67. The summed E-state index contributed by atoms with van der Waals surface area (Å²) in [5.74, 6) is 1.00. The van der Waals surface area contributed by atoms with Gasteiger partial charge in [0.25, 0.3) is 0 Å². The summed E-state index contributed by atoms with van der Waals surface area (Å²) >= 11 is 0. The molecule has 0 bridgehead atoms. The number of ether oxygens (including phenoxy) is 1. The van der Waals surface area contributed by atoms with Crippen molar-refractivity contribution in [3.8, 4) is 22.8 Å². The maximum absolute atomic E-state index is 6.50. The Morgan fingerprint density at radius 1 is 0.791 bits per heavy atom. The summed E-state index contributed by atoms with van der Waals surface area (Å²) in [5, 5.41) is 1.81. The number of anilines is 2. The standard InChI is InChI=1S/C36H26N3O3.Pt/c1-36(2,3)23-15-16-37-28(19-23)27-21-31(35-33-32-29(41-34(27)33)13-8-14-30(32)42-35)40-26-12-7-11-25(20-26)39-18-17-38(22-39)24-9-5-4-6-10-24;/h4-19,22H,1-3H3;/q-3;. The Balaban J connectivity index is 0.00000300. The molecule has 0 spiro atoms. The van der Waals surface area contributed by atoms with Crippen LogP contribution in [-0.2, 0) is 26.5 Å². The molecule has 0 aliphatic carbocycles. The van der Waals surface area contributed by atoms with Crippen molar-refractivity contribution >= 4 is 44.5 Å². The Kier molecular flexibility index (Phi) is 6.55. The van der Waals surface area contributed by atoms with Crippen LogP contribution in [0.3, 0.4) is 0 Å². The first kappa shape index (κ1) is 27.3. The van der Waals surface area contributed by atoms with Crippen molar-refractivity contribution in [3.63, 3.8) is 0 Å². The second kappa shape index (κ2) is 10.3. The summed E-state index contributed by atoms with van der Waals surface area (Å²) in [6.45, 7) is 8.57. The van der Waals surface area contributed by atoms with Crippen molar-refractivity contribution in [2.45, 2.75) is 26.2 Å². The molecule has 8 rings (SSSR count). The molecule has 0 radical (unpaired) electrons. The zero-order valence-electron chi connectivity index (χ0n) is 23.7. The van der Waals surface area contributed by atoms with Gasteiger partial charge in [0.2, 0.25) is 0 Å². The second-order valence-electron chi connectivity index (χ2n) is 11.4. The van der Waals surface area contributed by atoms with E-state index in [9.17, 15) is 0 Å². The third-order valence-electron chi connectivity index (χ3n) is 7.60.